The Morgan fingerprint density at radius 3 is 2.25 bits per heavy atom. The first-order valence-corrected chi connectivity index (χ1v) is 11.7. The number of halogens is 4. The Hall–Kier alpha value is -1.28. The molecule has 0 aliphatic carbocycles. The molecule has 28 heavy (non-hydrogen) atoms. The van der Waals surface area contributed by atoms with E-state index < -0.39 is 15.7 Å². The van der Waals surface area contributed by atoms with Gasteiger partial charge in [-0.2, -0.15) is 0 Å². The molecule has 1 heterocycles. The lowest BCUT2D eigenvalue weighted by Crippen LogP contribution is -2.15. The lowest BCUT2D eigenvalue weighted by atomic mass is 10.2. The van der Waals surface area contributed by atoms with Crippen molar-refractivity contribution in [1.82, 2.24) is 0 Å². The van der Waals surface area contributed by atoms with E-state index in [0.29, 0.717) is 26.3 Å². The standard InChI is InChI=1S/C18H11Cl4NO3S2/c19-11-6-12(20)8-13(7-11)23-18(24)17-16(3-4-27-17)28(25,26)9-10-1-2-14(21)15(22)5-10/h1-8H,9H2,(H,23,24). The molecule has 1 amide bonds. The third-order valence-electron chi connectivity index (χ3n) is 3.63. The first-order chi connectivity index (χ1) is 13.2. The molecule has 10 heteroatoms. The summed E-state index contributed by atoms with van der Waals surface area (Å²) in [6.45, 7) is 0. The minimum absolute atomic E-state index is 0.0609. The molecule has 0 saturated carbocycles. The molecule has 3 rings (SSSR count). The maximum atomic E-state index is 12.9. The summed E-state index contributed by atoms with van der Waals surface area (Å²) in [5, 5.41) is 5.45. The smallest absolute Gasteiger partial charge is 0.267 e. The van der Waals surface area contributed by atoms with E-state index in [1.54, 1.807) is 11.4 Å². The van der Waals surface area contributed by atoms with Crippen LogP contribution in [0.15, 0.2) is 52.7 Å². The van der Waals surface area contributed by atoms with Crippen molar-refractivity contribution in [3.63, 3.8) is 0 Å². The molecule has 0 spiro atoms. The number of sulfone groups is 1. The van der Waals surface area contributed by atoms with Crippen molar-refractivity contribution in [3.05, 3.63) is 78.4 Å². The van der Waals surface area contributed by atoms with Crippen LogP contribution in [0.2, 0.25) is 20.1 Å². The number of carbonyl (C=O) groups is 1. The molecule has 0 atom stereocenters. The maximum absolute atomic E-state index is 12.9. The van der Waals surface area contributed by atoms with Crippen LogP contribution in [0.25, 0.3) is 0 Å². The Balaban J connectivity index is 1.87. The fourth-order valence-electron chi connectivity index (χ4n) is 2.45. The highest BCUT2D eigenvalue weighted by Gasteiger charge is 2.25. The van der Waals surface area contributed by atoms with Gasteiger partial charge in [-0.1, -0.05) is 52.5 Å². The number of hydrogen-bond acceptors (Lipinski definition) is 4. The molecule has 146 valence electrons. The van der Waals surface area contributed by atoms with Crippen molar-refractivity contribution < 1.29 is 13.2 Å². The van der Waals surface area contributed by atoms with Gasteiger partial charge in [-0.3, -0.25) is 4.79 Å². The number of nitrogens with one attached hydrogen (secondary N) is 1. The van der Waals surface area contributed by atoms with Crippen molar-refractivity contribution in [2.75, 3.05) is 5.32 Å². The Bertz CT molecular complexity index is 1140. The number of benzene rings is 2. The third kappa shape index (κ3) is 5.00. The van der Waals surface area contributed by atoms with Crippen LogP contribution >= 0.6 is 57.7 Å². The molecule has 1 aromatic heterocycles. The van der Waals surface area contributed by atoms with Gasteiger partial charge < -0.3 is 5.32 Å². The molecule has 0 fully saturated rings. The second kappa shape index (κ2) is 8.61. The Morgan fingerprint density at radius 2 is 1.61 bits per heavy atom. The summed E-state index contributed by atoms with van der Waals surface area (Å²) < 4.78 is 25.7. The highest BCUT2D eigenvalue weighted by atomic mass is 35.5. The number of amides is 1. The van der Waals surface area contributed by atoms with Crippen LogP contribution in [0.3, 0.4) is 0 Å². The zero-order valence-corrected chi connectivity index (χ0v) is 18.5. The molecule has 2 aromatic carbocycles. The minimum atomic E-state index is -3.79. The second-order valence-corrected chi connectivity index (χ2v) is 10.3. The van der Waals surface area contributed by atoms with Gasteiger partial charge in [0.05, 0.1) is 20.7 Å². The van der Waals surface area contributed by atoms with Gasteiger partial charge >= 0.3 is 0 Å². The molecule has 0 aliphatic heterocycles. The number of thiophene rings is 1. The molecular formula is C18H11Cl4NO3S2. The largest absolute Gasteiger partial charge is 0.321 e. The monoisotopic (exact) mass is 493 g/mol. The second-order valence-electron chi connectivity index (χ2n) is 5.73. The molecule has 3 aromatic rings. The van der Waals surface area contributed by atoms with Crippen LogP contribution in [-0.4, -0.2) is 14.3 Å². The molecule has 1 N–H and O–H groups in total. The molecule has 0 unspecified atom stereocenters. The minimum Gasteiger partial charge on any atom is -0.321 e. The van der Waals surface area contributed by atoms with E-state index in [1.165, 1.54) is 36.4 Å². The van der Waals surface area contributed by atoms with Crippen LogP contribution in [0, 0.1) is 0 Å². The van der Waals surface area contributed by atoms with Gasteiger partial charge in [-0.25, -0.2) is 8.42 Å². The Labute approximate surface area is 185 Å². The van der Waals surface area contributed by atoms with Gasteiger partial charge in [0.25, 0.3) is 5.91 Å². The Kier molecular flexibility index (Phi) is 6.59. The molecular weight excluding hydrogens is 484 g/mol. The SMILES string of the molecule is O=C(Nc1cc(Cl)cc(Cl)c1)c1sccc1S(=O)(=O)Cc1ccc(Cl)c(Cl)c1. The van der Waals surface area contributed by atoms with Gasteiger partial charge in [-0.15, -0.1) is 11.3 Å². The van der Waals surface area contributed by atoms with E-state index >= 15 is 0 Å². The number of carbonyl (C=O) groups excluding carboxylic acids is 1. The van der Waals surface area contributed by atoms with Crippen LogP contribution in [0.1, 0.15) is 15.2 Å². The zero-order chi connectivity index (χ0) is 20.5. The van der Waals surface area contributed by atoms with E-state index in [1.807, 2.05) is 0 Å². The van der Waals surface area contributed by atoms with E-state index in [0.717, 1.165) is 11.3 Å². The lowest BCUT2D eigenvalue weighted by Gasteiger charge is -2.09. The highest BCUT2D eigenvalue weighted by molar-refractivity contribution is 7.90. The summed E-state index contributed by atoms with van der Waals surface area (Å²) in [7, 11) is -3.79. The van der Waals surface area contributed by atoms with E-state index in [4.69, 9.17) is 46.4 Å². The van der Waals surface area contributed by atoms with Crippen LogP contribution in [0.5, 0.6) is 0 Å². The summed E-state index contributed by atoms with van der Waals surface area (Å²) in [5.74, 6) is -0.884. The van der Waals surface area contributed by atoms with Crippen molar-refractivity contribution in [3.8, 4) is 0 Å². The highest BCUT2D eigenvalue weighted by Crippen LogP contribution is 2.29. The van der Waals surface area contributed by atoms with Crippen molar-refractivity contribution in [2.24, 2.45) is 0 Å². The van der Waals surface area contributed by atoms with E-state index in [2.05, 4.69) is 5.32 Å². The van der Waals surface area contributed by atoms with Gasteiger partial charge in [0, 0.05) is 15.7 Å². The summed E-state index contributed by atoms with van der Waals surface area (Å²) in [4.78, 5) is 12.6. The van der Waals surface area contributed by atoms with Gasteiger partial charge in [-0.05, 0) is 47.3 Å². The fourth-order valence-corrected chi connectivity index (χ4v) is 6.01. The first kappa shape index (κ1) is 21.4. The molecule has 0 aliphatic rings. The van der Waals surface area contributed by atoms with E-state index in [-0.39, 0.29) is 20.5 Å². The molecule has 4 nitrogen and oxygen atoms in total. The maximum Gasteiger partial charge on any atom is 0.267 e. The quantitative estimate of drug-likeness (QED) is 0.435. The van der Waals surface area contributed by atoms with Gasteiger partial charge in [0.1, 0.15) is 4.88 Å². The van der Waals surface area contributed by atoms with E-state index in [9.17, 15) is 13.2 Å². The van der Waals surface area contributed by atoms with Crippen molar-refractivity contribution in [1.29, 1.82) is 0 Å². The molecule has 0 radical (unpaired) electrons. The van der Waals surface area contributed by atoms with Crippen LogP contribution in [0.4, 0.5) is 5.69 Å². The summed E-state index contributed by atoms with van der Waals surface area (Å²) >= 11 is 24.7. The molecule has 0 saturated heterocycles. The van der Waals surface area contributed by atoms with Gasteiger partial charge in [0.2, 0.25) is 0 Å². The fraction of sp³-hybridized carbons (Fsp3) is 0.0556. The normalized spacial score (nSPS) is 11.4. The Morgan fingerprint density at radius 1 is 0.929 bits per heavy atom. The average molecular weight is 495 g/mol. The van der Waals surface area contributed by atoms with Crippen molar-refractivity contribution >= 4 is 79.2 Å². The zero-order valence-electron chi connectivity index (χ0n) is 13.9. The average Bonchev–Trinajstić information content (AvgIpc) is 3.08. The predicted molar refractivity (Wildman–Crippen MR) is 116 cm³/mol. The molecule has 0 bridgehead atoms. The topological polar surface area (TPSA) is 63.2 Å². The lowest BCUT2D eigenvalue weighted by molar-refractivity contribution is 0.102. The van der Waals surface area contributed by atoms with Gasteiger partial charge in [0.15, 0.2) is 9.84 Å². The number of hydrogen-bond donors (Lipinski definition) is 1. The summed E-state index contributed by atoms with van der Waals surface area (Å²) in [6.07, 6.45) is 0. The van der Waals surface area contributed by atoms with Crippen LogP contribution in [-0.2, 0) is 15.6 Å². The number of anilines is 1. The first-order valence-electron chi connectivity index (χ1n) is 7.67. The summed E-state index contributed by atoms with van der Waals surface area (Å²) in [6, 6.07) is 10.5. The van der Waals surface area contributed by atoms with Crippen LogP contribution < -0.4 is 5.32 Å². The predicted octanol–water partition coefficient (Wildman–Crippen LogP) is 6.59. The number of rotatable bonds is 5. The van der Waals surface area contributed by atoms with Crippen molar-refractivity contribution in [2.45, 2.75) is 10.6 Å². The summed E-state index contributed by atoms with van der Waals surface area (Å²) in [5.41, 5.74) is 0.831. The third-order valence-corrected chi connectivity index (χ3v) is 7.57.